The van der Waals surface area contributed by atoms with Crippen molar-refractivity contribution < 1.29 is 18.4 Å². The summed E-state index contributed by atoms with van der Waals surface area (Å²) in [7, 11) is 0. The lowest BCUT2D eigenvalue weighted by Gasteiger charge is -2.34. The highest BCUT2D eigenvalue weighted by atomic mass is 19.3. The van der Waals surface area contributed by atoms with E-state index in [1.54, 1.807) is 13.8 Å². The van der Waals surface area contributed by atoms with Gasteiger partial charge in [-0.05, 0) is 12.8 Å². The maximum Gasteiger partial charge on any atom is 0.251 e. The summed E-state index contributed by atoms with van der Waals surface area (Å²) < 4.78 is 26.1. The van der Waals surface area contributed by atoms with E-state index in [1.807, 2.05) is 0 Å². The average Bonchev–Trinajstić information content (AvgIpc) is 3.08. The van der Waals surface area contributed by atoms with E-state index in [9.17, 15) is 18.4 Å². The predicted octanol–water partition coefficient (Wildman–Crippen LogP) is 2.25. The van der Waals surface area contributed by atoms with Crippen LogP contribution < -0.4 is 0 Å². The molecule has 0 aromatic carbocycles. The van der Waals surface area contributed by atoms with Gasteiger partial charge in [0.05, 0.1) is 0 Å². The van der Waals surface area contributed by atoms with Crippen molar-refractivity contribution >= 4 is 11.7 Å². The Morgan fingerprint density at radius 2 is 1.56 bits per heavy atom. The van der Waals surface area contributed by atoms with Crippen molar-refractivity contribution in [2.24, 2.45) is 11.3 Å². The van der Waals surface area contributed by atoms with Gasteiger partial charge in [0.2, 0.25) is 5.91 Å². The highest BCUT2D eigenvalue weighted by molar-refractivity contribution is 6.09. The summed E-state index contributed by atoms with van der Waals surface area (Å²) in [5.74, 6) is -3.10. The Hall–Kier alpha value is -1.00. The monoisotopic (exact) mass is 259 g/mol. The second-order valence-electron chi connectivity index (χ2n) is 5.75. The van der Waals surface area contributed by atoms with E-state index in [0.717, 1.165) is 0 Å². The van der Waals surface area contributed by atoms with E-state index >= 15 is 0 Å². The molecule has 18 heavy (non-hydrogen) atoms. The molecule has 102 valence electrons. The van der Waals surface area contributed by atoms with Gasteiger partial charge in [-0.15, -0.1) is 0 Å². The molecule has 1 saturated carbocycles. The molecule has 0 spiro atoms. The minimum absolute atomic E-state index is 0.0372. The van der Waals surface area contributed by atoms with Crippen LogP contribution in [0.3, 0.4) is 0 Å². The summed E-state index contributed by atoms with van der Waals surface area (Å²) >= 11 is 0. The topological polar surface area (TPSA) is 37.4 Å². The zero-order chi connectivity index (χ0) is 13.6. The van der Waals surface area contributed by atoms with Gasteiger partial charge in [0.15, 0.2) is 5.78 Å². The second-order valence-corrected chi connectivity index (χ2v) is 5.75. The van der Waals surface area contributed by atoms with Crippen LogP contribution in [0, 0.1) is 11.3 Å². The van der Waals surface area contributed by atoms with Crippen molar-refractivity contribution in [3.8, 4) is 0 Å². The maximum absolute atomic E-state index is 13.0. The molecule has 5 heteroatoms. The molecule has 0 atom stereocenters. The molecule has 1 heterocycles. The smallest absolute Gasteiger partial charge is 0.251 e. The molecule has 0 aromatic heterocycles. The molecule has 0 aromatic rings. The molecular weight excluding hydrogens is 240 g/mol. The van der Waals surface area contributed by atoms with Gasteiger partial charge in [-0.2, -0.15) is 0 Å². The van der Waals surface area contributed by atoms with E-state index in [0.29, 0.717) is 12.8 Å². The molecule has 1 aliphatic carbocycles. The number of ketones is 1. The van der Waals surface area contributed by atoms with Crippen LogP contribution in [0.1, 0.15) is 39.5 Å². The van der Waals surface area contributed by atoms with Crippen LogP contribution in [-0.2, 0) is 9.59 Å². The number of alkyl halides is 2. The number of hydrogen-bond acceptors (Lipinski definition) is 2. The average molecular weight is 259 g/mol. The van der Waals surface area contributed by atoms with Crippen molar-refractivity contribution in [1.82, 2.24) is 4.90 Å². The summed E-state index contributed by atoms with van der Waals surface area (Å²) in [5.41, 5.74) is -0.874. The van der Waals surface area contributed by atoms with E-state index < -0.39 is 11.3 Å². The van der Waals surface area contributed by atoms with Crippen molar-refractivity contribution in [2.75, 3.05) is 13.1 Å². The SMILES string of the molecule is CC(C)C(=O)C1(C(=O)N2CCC(F)(F)CC2)CC1. The minimum Gasteiger partial charge on any atom is -0.341 e. The Kier molecular flexibility index (Phi) is 3.19. The fraction of sp³-hybridized carbons (Fsp3) is 0.846. The largest absolute Gasteiger partial charge is 0.341 e. The normalized spacial score (nSPS) is 25.1. The molecule has 0 bridgehead atoms. The van der Waals surface area contributed by atoms with Crippen molar-refractivity contribution in [2.45, 2.75) is 45.5 Å². The number of piperidine rings is 1. The molecule has 0 unspecified atom stereocenters. The van der Waals surface area contributed by atoms with Gasteiger partial charge >= 0.3 is 0 Å². The molecule has 1 amide bonds. The van der Waals surface area contributed by atoms with Gasteiger partial charge in [-0.1, -0.05) is 13.8 Å². The number of amides is 1. The van der Waals surface area contributed by atoms with E-state index in [1.165, 1.54) is 4.90 Å². The van der Waals surface area contributed by atoms with Crippen LogP contribution >= 0.6 is 0 Å². The van der Waals surface area contributed by atoms with Gasteiger partial charge in [-0.25, -0.2) is 8.78 Å². The lowest BCUT2D eigenvalue weighted by atomic mass is 9.90. The van der Waals surface area contributed by atoms with Crippen LogP contribution in [0.25, 0.3) is 0 Å². The van der Waals surface area contributed by atoms with Crippen molar-refractivity contribution in [3.05, 3.63) is 0 Å². The first-order valence-electron chi connectivity index (χ1n) is 6.50. The summed E-state index contributed by atoms with van der Waals surface area (Å²) in [6.45, 7) is 3.69. The number of carbonyl (C=O) groups excluding carboxylic acids is 2. The highest BCUT2D eigenvalue weighted by Crippen LogP contribution is 2.50. The van der Waals surface area contributed by atoms with Crippen LogP contribution in [0.2, 0.25) is 0 Å². The van der Waals surface area contributed by atoms with E-state index in [4.69, 9.17) is 0 Å². The summed E-state index contributed by atoms with van der Waals surface area (Å²) in [5, 5.41) is 0. The molecule has 2 rings (SSSR count). The summed E-state index contributed by atoms with van der Waals surface area (Å²) in [6, 6.07) is 0. The summed E-state index contributed by atoms with van der Waals surface area (Å²) in [6.07, 6.45) is 0.584. The number of likely N-dealkylation sites (tertiary alicyclic amines) is 1. The second kappa shape index (κ2) is 4.28. The number of Topliss-reactive ketones (excluding diaryl/α,β-unsaturated/α-hetero) is 1. The lowest BCUT2D eigenvalue weighted by Crippen LogP contribution is -2.48. The quantitative estimate of drug-likeness (QED) is 0.729. The van der Waals surface area contributed by atoms with Crippen LogP contribution in [-0.4, -0.2) is 35.6 Å². The molecule has 1 aliphatic heterocycles. The van der Waals surface area contributed by atoms with Gasteiger partial charge in [0.1, 0.15) is 5.41 Å². The molecule has 0 radical (unpaired) electrons. The third-order valence-corrected chi connectivity index (χ3v) is 3.94. The van der Waals surface area contributed by atoms with Gasteiger partial charge in [-0.3, -0.25) is 9.59 Å². The number of nitrogens with zero attached hydrogens (tertiary/aromatic N) is 1. The lowest BCUT2D eigenvalue weighted by molar-refractivity contribution is -0.148. The Morgan fingerprint density at radius 3 is 1.94 bits per heavy atom. The highest BCUT2D eigenvalue weighted by Gasteiger charge is 2.58. The first-order chi connectivity index (χ1) is 8.28. The fourth-order valence-electron chi connectivity index (χ4n) is 2.58. The van der Waals surface area contributed by atoms with Gasteiger partial charge in [0, 0.05) is 31.8 Å². The standard InChI is InChI=1S/C13H19F2NO2/c1-9(2)10(17)12(3-4-12)11(18)16-7-5-13(14,15)6-8-16/h9H,3-8H2,1-2H3. The fourth-order valence-corrected chi connectivity index (χ4v) is 2.58. The number of halogens is 2. The molecule has 2 aliphatic rings. The van der Waals surface area contributed by atoms with E-state index in [-0.39, 0.29) is 43.5 Å². The Labute approximate surface area is 106 Å². The van der Waals surface area contributed by atoms with Gasteiger partial charge in [0.25, 0.3) is 5.92 Å². The minimum atomic E-state index is -2.66. The molecular formula is C13H19F2NO2. The molecule has 0 N–H and O–H groups in total. The van der Waals surface area contributed by atoms with Crippen molar-refractivity contribution in [1.29, 1.82) is 0 Å². The van der Waals surface area contributed by atoms with E-state index in [2.05, 4.69) is 0 Å². The maximum atomic E-state index is 13.0. The Morgan fingerprint density at radius 1 is 1.06 bits per heavy atom. The number of hydrogen-bond donors (Lipinski definition) is 0. The van der Waals surface area contributed by atoms with Crippen LogP contribution in [0.5, 0.6) is 0 Å². The first kappa shape index (κ1) is 13.4. The Bertz CT molecular complexity index is 365. The zero-order valence-electron chi connectivity index (χ0n) is 10.8. The predicted molar refractivity (Wildman–Crippen MR) is 62.3 cm³/mol. The van der Waals surface area contributed by atoms with Gasteiger partial charge < -0.3 is 4.90 Å². The third kappa shape index (κ3) is 2.27. The molecule has 1 saturated heterocycles. The third-order valence-electron chi connectivity index (χ3n) is 3.94. The van der Waals surface area contributed by atoms with Crippen molar-refractivity contribution in [3.63, 3.8) is 0 Å². The molecule has 3 nitrogen and oxygen atoms in total. The van der Waals surface area contributed by atoms with Crippen LogP contribution in [0.4, 0.5) is 8.78 Å². The number of carbonyl (C=O) groups is 2. The first-order valence-corrected chi connectivity index (χ1v) is 6.50. The zero-order valence-corrected chi connectivity index (χ0v) is 10.8. The number of rotatable bonds is 3. The van der Waals surface area contributed by atoms with Crippen LogP contribution in [0.15, 0.2) is 0 Å². The summed E-state index contributed by atoms with van der Waals surface area (Å²) in [4.78, 5) is 25.8. The Balaban J connectivity index is 2.03. The molecule has 2 fully saturated rings.